The molecular formula is C5H8N4. The van der Waals surface area contributed by atoms with E-state index >= 15 is 0 Å². The molecule has 1 fully saturated rings. The van der Waals surface area contributed by atoms with Crippen LogP contribution in [0.2, 0.25) is 0 Å². The van der Waals surface area contributed by atoms with Crippen molar-refractivity contribution in [3.63, 3.8) is 0 Å². The van der Waals surface area contributed by atoms with E-state index in [4.69, 9.17) is 0 Å². The highest BCUT2D eigenvalue weighted by molar-refractivity contribution is 4.95. The molecule has 0 aromatic carbocycles. The molecule has 9 heavy (non-hydrogen) atoms. The fourth-order valence-corrected chi connectivity index (χ4v) is 1.01. The second-order valence-corrected chi connectivity index (χ2v) is 2.40. The van der Waals surface area contributed by atoms with Crippen molar-refractivity contribution in [1.29, 1.82) is 0 Å². The number of aromatic amines is 1. The average molecular weight is 124 g/mol. The molecule has 0 radical (unpaired) electrons. The molecule has 1 N–H and O–H groups in total. The molecular weight excluding hydrogens is 116 g/mol. The summed E-state index contributed by atoms with van der Waals surface area (Å²) in [7, 11) is 0. The van der Waals surface area contributed by atoms with Crippen LogP contribution in [0.1, 0.15) is 31.0 Å². The van der Waals surface area contributed by atoms with E-state index in [-0.39, 0.29) is 0 Å². The van der Waals surface area contributed by atoms with E-state index in [0.717, 1.165) is 5.82 Å². The molecule has 0 spiro atoms. The van der Waals surface area contributed by atoms with E-state index in [9.17, 15) is 0 Å². The van der Waals surface area contributed by atoms with Crippen LogP contribution in [0.3, 0.4) is 0 Å². The molecule has 1 heterocycles. The maximum Gasteiger partial charge on any atom is 0.177 e. The van der Waals surface area contributed by atoms with Crippen molar-refractivity contribution in [2.45, 2.75) is 25.2 Å². The lowest BCUT2D eigenvalue weighted by Crippen LogP contribution is -2.10. The zero-order chi connectivity index (χ0) is 6.10. The van der Waals surface area contributed by atoms with Gasteiger partial charge in [-0.1, -0.05) is 11.6 Å². The molecule has 1 aromatic heterocycles. The molecule has 0 bridgehead atoms. The summed E-state index contributed by atoms with van der Waals surface area (Å²) in [5.41, 5.74) is 0. The molecule has 4 nitrogen and oxygen atoms in total. The summed E-state index contributed by atoms with van der Waals surface area (Å²) >= 11 is 0. The molecule has 0 unspecified atom stereocenters. The molecule has 4 heteroatoms. The Balaban J connectivity index is 2.14. The van der Waals surface area contributed by atoms with Gasteiger partial charge in [0.1, 0.15) is 0 Å². The minimum Gasteiger partial charge on any atom is -0.177 e. The largest absolute Gasteiger partial charge is 0.177 e. The summed E-state index contributed by atoms with van der Waals surface area (Å²) in [6.07, 6.45) is 3.79. The first-order valence-corrected chi connectivity index (χ1v) is 3.20. The van der Waals surface area contributed by atoms with Crippen LogP contribution < -0.4 is 0 Å². The number of nitrogens with one attached hydrogen (secondary N) is 1. The molecule has 1 saturated carbocycles. The van der Waals surface area contributed by atoms with Gasteiger partial charge in [0.15, 0.2) is 5.82 Å². The van der Waals surface area contributed by atoms with Crippen LogP contribution in [0.25, 0.3) is 0 Å². The van der Waals surface area contributed by atoms with E-state index in [1.54, 1.807) is 0 Å². The van der Waals surface area contributed by atoms with E-state index in [0.29, 0.717) is 5.92 Å². The summed E-state index contributed by atoms with van der Waals surface area (Å²) in [6, 6.07) is 0. The van der Waals surface area contributed by atoms with Crippen LogP contribution in [0.15, 0.2) is 0 Å². The van der Waals surface area contributed by atoms with E-state index in [1.807, 2.05) is 0 Å². The number of hydrogen-bond donors (Lipinski definition) is 1. The average Bonchev–Trinajstić information content (AvgIpc) is 2.11. The molecule has 0 saturated heterocycles. The fraction of sp³-hybridized carbons (Fsp3) is 0.800. The Hall–Kier alpha value is -0.930. The first-order valence-electron chi connectivity index (χ1n) is 3.20. The number of H-pyrrole nitrogens is 1. The van der Waals surface area contributed by atoms with Gasteiger partial charge < -0.3 is 0 Å². The topological polar surface area (TPSA) is 54.5 Å². The predicted molar refractivity (Wildman–Crippen MR) is 30.8 cm³/mol. The van der Waals surface area contributed by atoms with Gasteiger partial charge in [-0.25, -0.2) is 0 Å². The van der Waals surface area contributed by atoms with Gasteiger partial charge in [0.25, 0.3) is 0 Å². The van der Waals surface area contributed by atoms with Crippen LogP contribution >= 0.6 is 0 Å². The number of nitrogens with zero attached hydrogens (tertiary/aromatic N) is 3. The van der Waals surface area contributed by atoms with Gasteiger partial charge in [0.2, 0.25) is 0 Å². The van der Waals surface area contributed by atoms with Gasteiger partial charge in [0.05, 0.1) is 0 Å². The Morgan fingerprint density at radius 1 is 1.44 bits per heavy atom. The molecule has 1 aliphatic rings. The zero-order valence-electron chi connectivity index (χ0n) is 5.04. The highest BCUT2D eigenvalue weighted by Crippen LogP contribution is 2.33. The summed E-state index contributed by atoms with van der Waals surface area (Å²) in [6.45, 7) is 0. The first kappa shape index (κ1) is 4.90. The van der Waals surface area contributed by atoms with Gasteiger partial charge in [-0.2, -0.15) is 5.21 Å². The maximum atomic E-state index is 3.89. The van der Waals surface area contributed by atoms with Gasteiger partial charge in [0, 0.05) is 5.92 Å². The van der Waals surface area contributed by atoms with Gasteiger partial charge in [-0.3, -0.25) is 0 Å². The lowest BCUT2D eigenvalue weighted by Gasteiger charge is -2.20. The Morgan fingerprint density at radius 2 is 2.33 bits per heavy atom. The summed E-state index contributed by atoms with van der Waals surface area (Å²) in [5, 5.41) is 13.7. The third kappa shape index (κ3) is 0.704. The van der Waals surface area contributed by atoms with Crippen molar-refractivity contribution >= 4 is 0 Å². The second-order valence-electron chi connectivity index (χ2n) is 2.40. The van der Waals surface area contributed by atoms with Gasteiger partial charge >= 0.3 is 0 Å². The van der Waals surface area contributed by atoms with Crippen molar-refractivity contribution in [3.05, 3.63) is 5.82 Å². The van der Waals surface area contributed by atoms with Crippen LogP contribution in [0.5, 0.6) is 0 Å². The Morgan fingerprint density at radius 3 is 2.78 bits per heavy atom. The third-order valence-corrected chi connectivity index (χ3v) is 1.83. The lowest BCUT2D eigenvalue weighted by molar-refractivity contribution is 0.401. The SMILES string of the molecule is C1CC(c2nn[nH]n2)C1. The highest BCUT2D eigenvalue weighted by Gasteiger charge is 2.22. The number of aromatic nitrogens is 4. The minimum absolute atomic E-state index is 0.601. The molecule has 0 aliphatic heterocycles. The van der Waals surface area contributed by atoms with Crippen LogP contribution in [0.4, 0.5) is 0 Å². The zero-order valence-corrected chi connectivity index (χ0v) is 5.04. The fourth-order valence-electron chi connectivity index (χ4n) is 1.01. The Labute approximate surface area is 52.7 Å². The summed E-state index contributed by atoms with van der Waals surface area (Å²) in [4.78, 5) is 0. The second kappa shape index (κ2) is 1.79. The quantitative estimate of drug-likeness (QED) is 0.592. The van der Waals surface area contributed by atoms with Gasteiger partial charge in [-0.05, 0) is 12.8 Å². The molecule has 2 rings (SSSR count). The minimum atomic E-state index is 0.601. The first-order chi connectivity index (χ1) is 4.47. The van der Waals surface area contributed by atoms with Crippen molar-refractivity contribution < 1.29 is 0 Å². The van der Waals surface area contributed by atoms with Crippen LogP contribution in [-0.2, 0) is 0 Å². The van der Waals surface area contributed by atoms with Crippen LogP contribution in [-0.4, -0.2) is 20.6 Å². The van der Waals surface area contributed by atoms with Gasteiger partial charge in [-0.15, -0.1) is 10.2 Å². The number of rotatable bonds is 1. The Bertz CT molecular complexity index is 177. The van der Waals surface area contributed by atoms with E-state index < -0.39 is 0 Å². The van der Waals surface area contributed by atoms with E-state index in [1.165, 1.54) is 19.3 Å². The van der Waals surface area contributed by atoms with Crippen molar-refractivity contribution in [2.75, 3.05) is 0 Å². The number of tetrazole rings is 1. The molecule has 48 valence electrons. The predicted octanol–water partition coefficient (Wildman–Crippen LogP) is 0.467. The molecule has 1 aliphatic carbocycles. The standard InChI is InChI=1S/C5H8N4/c1-2-4(3-1)5-6-8-9-7-5/h4H,1-3H2,(H,6,7,8,9). The highest BCUT2D eigenvalue weighted by atomic mass is 15.5. The lowest BCUT2D eigenvalue weighted by atomic mass is 9.85. The molecule has 0 atom stereocenters. The normalized spacial score (nSPS) is 19.6. The third-order valence-electron chi connectivity index (χ3n) is 1.83. The monoisotopic (exact) mass is 124 g/mol. The molecule has 0 amide bonds. The Kier molecular flexibility index (Phi) is 0.974. The maximum absolute atomic E-state index is 3.89. The van der Waals surface area contributed by atoms with Crippen molar-refractivity contribution in [3.8, 4) is 0 Å². The summed E-state index contributed by atoms with van der Waals surface area (Å²) in [5.74, 6) is 1.49. The summed E-state index contributed by atoms with van der Waals surface area (Å²) < 4.78 is 0. The van der Waals surface area contributed by atoms with Crippen molar-refractivity contribution in [2.24, 2.45) is 0 Å². The van der Waals surface area contributed by atoms with E-state index in [2.05, 4.69) is 20.6 Å². The smallest absolute Gasteiger partial charge is 0.177 e. The molecule has 1 aromatic rings. The number of hydrogen-bond acceptors (Lipinski definition) is 3. The van der Waals surface area contributed by atoms with Crippen molar-refractivity contribution in [1.82, 2.24) is 20.6 Å². The van der Waals surface area contributed by atoms with Crippen LogP contribution in [0, 0.1) is 0 Å².